The van der Waals surface area contributed by atoms with Gasteiger partial charge in [0.1, 0.15) is 0 Å². The summed E-state index contributed by atoms with van der Waals surface area (Å²) in [4.78, 5) is 0. The second-order valence-corrected chi connectivity index (χ2v) is 5.49. The molecule has 0 aliphatic carbocycles. The molecule has 0 spiro atoms. The van der Waals surface area contributed by atoms with Crippen molar-refractivity contribution >= 4 is 15.9 Å². The Morgan fingerprint density at radius 3 is 2.65 bits per heavy atom. The fourth-order valence-corrected chi connectivity index (χ4v) is 3.11. The van der Waals surface area contributed by atoms with Crippen molar-refractivity contribution in [3.8, 4) is 0 Å². The smallest absolute Gasteiger partial charge is 0.299 e. The summed E-state index contributed by atoms with van der Waals surface area (Å²) < 4.78 is 29.9. The van der Waals surface area contributed by atoms with Crippen LogP contribution in [0.25, 0.3) is 0 Å². The summed E-state index contributed by atoms with van der Waals surface area (Å²) in [7, 11) is -3.79. The average Bonchev–Trinajstić information content (AvgIpc) is 2.65. The van der Waals surface area contributed by atoms with Gasteiger partial charge in [0.15, 0.2) is 0 Å². The zero-order valence-electron chi connectivity index (χ0n) is 9.59. The third kappa shape index (κ3) is 2.59. The number of nitrogens with one attached hydrogen (secondary N) is 1. The van der Waals surface area contributed by atoms with E-state index in [4.69, 9.17) is 9.88 Å². The SMILES string of the molecule is Cc1[nH]ncc1N(C1CCOCC1)S(N)(=O)=O. The highest BCUT2D eigenvalue weighted by Crippen LogP contribution is 2.26. The number of aromatic nitrogens is 2. The Balaban J connectivity index is 2.35. The van der Waals surface area contributed by atoms with E-state index < -0.39 is 10.2 Å². The van der Waals surface area contributed by atoms with Gasteiger partial charge < -0.3 is 4.74 Å². The molecule has 0 atom stereocenters. The Bertz CT molecular complexity index is 478. The molecule has 1 aliphatic rings. The van der Waals surface area contributed by atoms with Crippen molar-refractivity contribution in [1.29, 1.82) is 0 Å². The highest BCUT2D eigenvalue weighted by Gasteiger charge is 2.30. The van der Waals surface area contributed by atoms with Crippen molar-refractivity contribution in [3.63, 3.8) is 0 Å². The Morgan fingerprint density at radius 2 is 2.18 bits per heavy atom. The first kappa shape index (κ1) is 12.3. The number of nitrogens with zero attached hydrogens (tertiary/aromatic N) is 2. The molecule has 2 heterocycles. The average molecular weight is 260 g/mol. The van der Waals surface area contributed by atoms with Crippen molar-refractivity contribution in [2.75, 3.05) is 17.5 Å². The van der Waals surface area contributed by atoms with Gasteiger partial charge in [0, 0.05) is 13.2 Å². The topological polar surface area (TPSA) is 101 Å². The van der Waals surface area contributed by atoms with Crippen LogP contribution in [-0.2, 0) is 14.9 Å². The predicted molar refractivity (Wildman–Crippen MR) is 62.8 cm³/mol. The summed E-state index contributed by atoms with van der Waals surface area (Å²) in [6.07, 6.45) is 2.76. The molecule has 17 heavy (non-hydrogen) atoms. The van der Waals surface area contributed by atoms with E-state index in [1.165, 1.54) is 10.5 Å². The minimum absolute atomic E-state index is 0.157. The van der Waals surface area contributed by atoms with Gasteiger partial charge in [-0.2, -0.15) is 13.5 Å². The first-order valence-corrected chi connectivity index (χ1v) is 6.90. The van der Waals surface area contributed by atoms with Gasteiger partial charge in [0.25, 0.3) is 10.2 Å². The lowest BCUT2D eigenvalue weighted by molar-refractivity contribution is 0.0875. The Kier molecular flexibility index (Phi) is 3.36. The maximum absolute atomic E-state index is 11.7. The number of H-pyrrole nitrogens is 1. The molecule has 0 saturated carbocycles. The van der Waals surface area contributed by atoms with Crippen LogP contribution in [0.4, 0.5) is 5.69 Å². The summed E-state index contributed by atoms with van der Waals surface area (Å²) in [6, 6.07) is -0.157. The summed E-state index contributed by atoms with van der Waals surface area (Å²) >= 11 is 0. The lowest BCUT2D eigenvalue weighted by atomic mass is 10.1. The van der Waals surface area contributed by atoms with Gasteiger partial charge in [-0.05, 0) is 19.8 Å². The van der Waals surface area contributed by atoms with E-state index in [1.807, 2.05) is 0 Å². The number of aryl methyl sites for hydroxylation is 1. The first-order chi connectivity index (χ1) is 8.00. The number of aromatic amines is 1. The fourth-order valence-electron chi connectivity index (χ4n) is 2.03. The number of hydrogen-bond acceptors (Lipinski definition) is 4. The highest BCUT2D eigenvalue weighted by molar-refractivity contribution is 7.90. The van der Waals surface area contributed by atoms with E-state index in [9.17, 15) is 8.42 Å². The first-order valence-electron chi connectivity index (χ1n) is 5.40. The van der Waals surface area contributed by atoms with Gasteiger partial charge in [-0.1, -0.05) is 0 Å². The molecule has 3 N–H and O–H groups in total. The summed E-state index contributed by atoms with van der Waals surface area (Å²) in [6.45, 7) is 2.86. The quantitative estimate of drug-likeness (QED) is 0.792. The van der Waals surface area contributed by atoms with Crippen molar-refractivity contribution in [2.24, 2.45) is 5.14 Å². The summed E-state index contributed by atoms with van der Waals surface area (Å²) in [5.41, 5.74) is 1.20. The zero-order chi connectivity index (χ0) is 12.5. The Morgan fingerprint density at radius 1 is 1.53 bits per heavy atom. The molecule has 2 rings (SSSR count). The monoisotopic (exact) mass is 260 g/mol. The molecule has 0 unspecified atom stereocenters. The number of hydrogen-bond donors (Lipinski definition) is 2. The van der Waals surface area contributed by atoms with E-state index in [2.05, 4.69) is 10.2 Å². The van der Waals surface area contributed by atoms with Crippen LogP contribution in [0.15, 0.2) is 6.20 Å². The Hall–Kier alpha value is -1.12. The molecule has 0 bridgehead atoms. The van der Waals surface area contributed by atoms with Crippen LogP contribution in [0.5, 0.6) is 0 Å². The van der Waals surface area contributed by atoms with Crippen LogP contribution in [0.2, 0.25) is 0 Å². The molecule has 8 heteroatoms. The van der Waals surface area contributed by atoms with E-state index in [-0.39, 0.29) is 6.04 Å². The highest BCUT2D eigenvalue weighted by atomic mass is 32.2. The molecular formula is C9H16N4O3S. The fraction of sp³-hybridized carbons (Fsp3) is 0.667. The van der Waals surface area contributed by atoms with Crippen molar-refractivity contribution < 1.29 is 13.2 Å². The van der Waals surface area contributed by atoms with Crippen LogP contribution in [-0.4, -0.2) is 37.9 Å². The van der Waals surface area contributed by atoms with Gasteiger partial charge in [-0.15, -0.1) is 0 Å². The molecule has 0 aromatic carbocycles. The molecule has 1 aromatic heterocycles. The molecule has 96 valence electrons. The Labute approximate surface area is 100 Å². The van der Waals surface area contributed by atoms with E-state index in [0.717, 1.165) is 0 Å². The van der Waals surface area contributed by atoms with Crippen molar-refractivity contribution in [1.82, 2.24) is 10.2 Å². The molecule has 0 amide bonds. The van der Waals surface area contributed by atoms with Gasteiger partial charge in [-0.25, -0.2) is 5.14 Å². The van der Waals surface area contributed by atoms with Crippen LogP contribution in [0.3, 0.4) is 0 Å². The lowest BCUT2D eigenvalue weighted by Crippen LogP contribution is -2.47. The van der Waals surface area contributed by atoms with Crippen LogP contribution in [0.1, 0.15) is 18.5 Å². The third-order valence-corrected chi connectivity index (χ3v) is 3.88. The summed E-state index contributed by atoms with van der Waals surface area (Å²) in [5.74, 6) is 0. The number of anilines is 1. The van der Waals surface area contributed by atoms with Gasteiger partial charge in [0.2, 0.25) is 0 Å². The largest absolute Gasteiger partial charge is 0.381 e. The second-order valence-electron chi connectivity index (χ2n) is 4.06. The molecule has 0 radical (unpaired) electrons. The molecule has 1 aromatic rings. The predicted octanol–water partition coefficient (Wildman–Crippen LogP) is -0.0930. The molecule has 1 fully saturated rings. The minimum atomic E-state index is -3.79. The molecule has 7 nitrogen and oxygen atoms in total. The van der Waals surface area contributed by atoms with Gasteiger partial charge >= 0.3 is 0 Å². The van der Waals surface area contributed by atoms with Crippen LogP contribution < -0.4 is 9.44 Å². The van der Waals surface area contributed by atoms with Crippen LogP contribution >= 0.6 is 0 Å². The minimum Gasteiger partial charge on any atom is -0.381 e. The molecular weight excluding hydrogens is 244 g/mol. The second kappa shape index (κ2) is 4.63. The maximum atomic E-state index is 11.7. The number of ether oxygens (including phenoxy) is 1. The zero-order valence-corrected chi connectivity index (χ0v) is 10.4. The lowest BCUT2D eigenvalue weighted by Gasteiger charge is -2.33. The molecule has 1 saturated heterocycles. The number of rotatable bonds is 3. The van der Waals surface area contributed by atoms with Crippen molar-refractivity contribution in [2.45, 2.75) is 25.8 Å². The van der Waals surface area contributed by atoms with Gasteiger partial charge in [-0.3, -0.25) is 9.40 Å². The number of nitrogens with two attached hydrogens (primary N) is 1. The van der Waals surface area contributed by atoms with Crippen molar-refractivity contribution in [3.05, 3.63) is 11.9 Å². The summed E-state index contributed by atoms with van der Waals surface area (Å²) in [5, 5.41) is 11.8. The van der Waals surface area contributed by atoms with Gasteiger partial charge in [0.05, 0.1) is 23.6 Å². The normalized spacial score (nSPS) is 18.2. The standard InChI is InChI=1S/C9H16N4O3S/c1-7-9(6-11-12-7)13(17(10,14)15)8-2-4-16-5-3-8/h6,8H,2-5H2,1H3,(H,11,12)(H2,10,14,15). The molecule has 1 aliphatic heterocycles. The third-order valence-electron chi connectivity index (χ3n) is 2.84. The van der Waals surface area contributed by atoms with E-state index >= 15 is 0 Å². The maximum Gasteiger partial charge on any atom is 0.299 e. The van der Waals surface area contributed by atoms with Crippen LogP contribution in [0, 0.1) is 6.92 Å². The van der Waals surface area contributed by atoms with E-state index in [1.54, 1.807) is 6.92 Å². The van der Waals surface area contributed by atoms with E-state index in [0.29, 0.717) is 37.4 Å².